The zero-order chi connectivity index (χ0) is 25.2. The third kappa shape index (κ3) is 11.6. The minimum atomic E-state index is -4.68. The first-order valence-electron chi connectivity index (χ1n) is 12.6. The predicted molar refractivity (Wildman–Crippen MR) is 134 cm³/mol. The van der Waals surface area contributed by atoms with Crippen molar-refractivity contribution in [3.05, 3.63) is 35.4 Å². The Kier molecular flexibility index (Phi) is 17.2. The van der Waals surface area contributed by atoms with Crippen molar-refractivity contribution >= 4 is 31.0 Å². The summed E-state index contributed by atoms with van der Waals surface area (Å²) in [5, 5.41) is 1.11. The Morgan fingerprint density at radius 3 is 1.14 bits per heavy atom. The molecule has 0 radical (unpaired) electrons. The van der Waals surface area contributed by atoms with Gasteiger partial charge in [0.2, 0.25) is 0 Å². The Morgan fingerprint density at radius 1 is 0.528 bits per heavy atom. The minimum absolute atomic E-state index is 0. The molecular weight excluding hydrogens is 486 g/mol. The Bertz CT molecular complexity index is 1060. The zero-order valence-electron chi connectivity index (χ0n) is 22.5. The van der Waals surface area contributed by atoms with E-state index in [2.05, 4.69) is 13.8 Å². The minimum Gasteiger partial charge on any atom is -0.744 e. The van der Waals surface area contributed by atoms with Crippen LogP contribution in [0.1, 0.15) is 102 Å². The van der Waals surface area contributed by atoms with Crippen LogP contribution in [-0.4, -0.2) is 25.9 Å². The van der Waals surface area contributed by atoms with E-state index in [-0.39, 0.29) is 47.5 Å². The van der Waals surface area contributed by atoms with Crippen LogP contribution in [0.15, 0.2) is 34.1 Å². The summed E-state index contributed by atoms with van der Waals surface area (Å²) in [5.74, 6) is 0. The van der Waals surface area contributed by atoms with Gasteiger partial charge in [0, 0.05) is 0 Å². The summed E-state index contributed by atoms with van der Waals surface area (Å²) in [6, 6.07) is 5.39. The average Bonchev–Trinajstić information content (AvgIpc) is 2.76. The summed E-state index contributed by atoms with van der Waals surface area (Å²) >= 11 is 0. The SMILES string of the molecule is CCCCCCCCc1cc(S(=O)(=O)[O-])cc2c(CCCCCCCC)cc(S(=O)(=O)[O-])cc12.[Li+].[Li+]. The molecule has 0 amide bonds. The van der Waals surface area contributed by atoms with Gasteiger partial charge in [0.05, 0.1) is 9.79 Å². The maximum atomic E-state index is 11.9. The molecule has 6 nitrogen and oxygen atoms in total. The van der Waals surface area contributed by atoms with Crippen LogP contribution in [0.2, 0.25) is 0 Å². The quantitative estimate of drug-likeness (QED) is 0.179. The third-order valence-corrected chi connectivity index (χ3v) is 7.99. The van der Waals surface area contributed by atoms with Gasteiger partial charge < -0.3 is 9.11 Å². The predicted octanol–water partition coefficient (Wildman–Crippen LogP) is 0.462. The molecule has 0 aromatic heterocycles. The molecule has 2 aromatic rings. The van der Waals surface area contributed by atoms with Crippen LogP contribution in [-0.2, 0) is 33.1 Å². The summed E-state index contributed by atoms with van der Waals surface area (Å²) in [7, 11) is -9.36. The van der Waals surface area contributed by atoms with Crippen LogP contribution in [0.3, 0.4) is 0 Å². The molecule has 2 aromatic carbocycles. The largest absolute Gasteiger partial charge is 1.00 e. The Morgan fingerprint density at radius 2 is 0.833 bits per heavy atom. The van der Waals surface area contributed by atoms with Crippen LogP contribution in [0.25, 0.3) is 10.8 Å². The van der Waals surface area contributed by atoms with E-state index in [1.807, 2.05) is 0 Å². The van der Waals surface area contributed by atoms with Crippen molar-refractivity contribution in [1.82, 2.24) is 0 Å². The van der Waals surface area contributed by atoms with E-state index >= 15 is 0 Å². The molecule has 0 aliphatic rings. The normalized spacial score (nSPS) is 11.8. The van der Waals surface area contributed by atoms with Gasteiger partial charge in [-0.3, -0.25) is 0 Å². The number of unbranched alkanes of at least 4 members (excludes halogenated alkanes) is 10. The summed E-state index contributed by atoms with van der Waals surface area (Å²) in [4.78, 5) is -0.606. The number of hydrogen-bond donors (Lipinski definition) is 0. The molecule has 192 valence electrons. The van der Waals surface area contributed by atoms with E-state index in [0.29, 0.717) is 34.7 Å². The van der Waals surface area contributed by atoms with E-state index in [0.717, 1.165) is 64.2 Å². The Labute approximate surface area is 242 Å². The van der Waals surface area contributed by atoms with E-state index < -0.39 is 20.2 Å². The summed E-state index contributed by atoms with van der Waals surface area (Å²) in [5.41, 5.74) is 1.22. The summed E-state index contributed by atoms with van der Waals surface area (Å²) in [6.45, 7) is 4.29. The average molecular weight is 525 g/mol. The first-order chi connectivity index (χ1) is 16.1. The standard InChI is InChI=1S/C26H40O6S2.2Li/c1-3-5-7-9-11-13-15-21-17-23(33(27,28)29)20-26-22(16-14-12-10-8-6-4-2)18-24(19-25(21)26)34(30,31)32;;/h17-20H,3-16H2,1-2H3,(H,27,28,29)(H,30,31,32);;/q;2*+1/p-2. The van der Waals surface area contributed by atoms with Gasteiger partial charge in [-0.05, 0) is 71.8 Å². The van der Waals surface area contributed by atoms with Gasteiger partial charge in [-0.25, -0.2) is 16.8 Å². The fourth-order valence-corrected chi connectivity index (χ4v) is 5.55. The molecule has 0 fully saturated rings. The van der Waals surface area contributed by atoms with Crippen LogP contribution < -0.4 is 37.7 Å². The van der Waals surface area contributed by atoms with Crippen molar-refractivity contribution in [3.63, 3.8) is 0 Å². The van der Waals surface area contributed by atoms with Crippen molar-refractivity contribution in [3.8, 4) is 0 Å². The molecule has 0 bridgehead atoms. The first kappa shape index (κ1) is 35.7. The molecule has 0 atom stereocenters. The monoisotopic (exact) mass is 524 g/mol. The number of benzene rings is 2. The zero-order valence-corrected chi connectivity index (χ0v) is 24.1. The van der Waals surface area contributed by atoms with Crippen molar-refractivity contribution < 1.29 is 63.7 Å². The molecule has 0 aliphatic carbocycles. The molecule has 0 saturated carbocycles. The molecular formula is C26H38Li2O6S2. The second-order valence-electron chi connectivity index (χ2n) is 9.20. The number of hydrogen-bond acceptors (Lipinski definition) is 6. The Hall–Kier alpha value is -0.285. The van der Waals surface area contributed by atoms with Crippen molar-refractivity contribution in [2.45, 2.75) is 114 Å². The van der Waals surface area contributed by atoms with E-state index in [4.69, 9.17) is 0 Å². The topological polar surface area (TPSA) is 114 Å². The van der Waals surface area contributed by atoms with Crippen LogP contribution in [0.5, 0.6) is 0 Å². The summed E-state index contributed by atoms with van der Waals surface area (Å²) in [6.07, 6.45) is 13.5. The van der Waals surface area contributed by atoms with Gasteiger partial charge in [-0.1, -0.05) is 78.1 Å². The molecule has 0 N–H and O–H groups in total. The molecule has 2 rings (SSSR count). The van der Waals surface area contributed by atoms with Crippen molar-refractivity contribution in [1.29, 1.82) is 0 Å². The molecule has 0 unspecified atom stereocenters. The number of fused-ring (bicyclic) bond motifs is 1. The maximum absolute atomic E-state index is 11.9. The van der Waals surface area contributed by atoms with E-state index in [1.165, 1.54) is 37.1 Å². The number of rotatable bonds is 16. The van der Waals surface area contributed by atoms with E-state index in [1.54, 1.807) is 0 Å². The molecule has 10 heteroatoms. The van der Waals surface area contributed by atoms with Gasteiger partial charge in [-0.15, -0.1) is 0 Å². The molecule has 0 aliphatic heterocycles. The van der Waals surface area contributed by atoms with Gasteiger partial charge in [-0.2, -0.15) is 0 Å². The van der Waals surface area contributed by atoms with Crippen LogP contribution in [0.4, 0.5) is 0 Å². The van der Waals surface area contributed by atoms with Crippen molar-refractivity contribution in [2.24, 2.45) is 0 Å². The van der Waals surface area contributed by atoms with Gasteiger partial charge in [0.25, 0.3) is 0 Å². The van der Waals surface area contributed by atoms with Gasteiger partial charge in [0.15, 0.2) is 0 Å². The van der Waals surface area contributed by atoms with Crippen LogP contribution >= 0.6 is 0 Å². The maximum Gasteiger partial charge on any atom is 1.00 e. The molecule has 0 spiro atoms. The fraction of sp³-hybridized carbons (Fsp3) is 0.615. The third-order valence-electron chi connectivity index (χ3n) is 6.36. The Balaban J connectivity index is 0.00000612. The van der Waals surface area contributed by atoms with E-state index in [9.17, 15) is 25.9 Å². The second-order valence-corrected chi connectivity index (χ2v) is 12.0. The first-order valence-corrected chi connectivity index (χ1v) is 15.4. The smallest absolute Gasteiger partial charge is 0.744 e. The fourth-order valence-electron chi connectivity index (χ4n) is 4.45. The molecule has 36 heavy (non-hydrogen) atoms. The van der Waals surface area contributed by atoms with Crippen molar-refractivity contribution in [2.75, 3.05) is 0 Å². The van der Waals surface area contributed by atoms with Gasteiger partial charge in [0.1, 0.15) is 20.2 Å². The second kappa shape index (κ2) is 17.3. The molecule has 0 saturated heterocycles. The molecule has 0 heterocycles. The number of aryl methyl sites for hydroxylation is 2. The van der Waals surface area contributed by atoms with Gasteiger partial charge >= 0.3 is 37.7 Å². The summed E-state index contributed by atoms with van der Waals surface area (Å²) < 4.78 is 71.2. The van der Waals surface area contributed by atoms with Crippen LogP contribution in [0, 0.1) is 0 Å².